The Kier molecular flexibility index (Phi) is 8.38. The summed E-state index contributed by atoms with van der Waals surface area (Å²) in [6.07, 6.45) is 1.53. The van der Waals surface area contributed by atoms with Crippen molar-refractivity contribution in [1.29, 1.82) is 0 Å². The minimum absolute atomic E-state index is 0.0530. The highest BCUT2D eigenvalue weighted by atomic mass is 16.5. The predicted molar refractivity (Wildman–Crippen MR) is 141 cm³/mol. The molecule has 0 radical (unpaired) electrons. The zero-order chi connectivity index (χ0) is 25.7. The van der Waals surface area contributed by atoms with E-state index < -0.39 is 0 Å². The van der Waals surface area contributed by atoms with Gasteiger partial charge in [-0.25, -0.2) is 9.67 Å². The second kappa shape index (κ2) is 11.7. The summed E-state index contributed by atoms with van der Waals surface area (Å²) in [5, 5.41) is 7.64. The molecule has 0 bridgehead atoms. The summed E-state index contributed by atoms with van der Waals surface area (Å²) in [7, 11) is 1.63. The molecule has 8 nitrogen and oxygen atoms in total. The number of amides is 1. The fourth-order valence-corrected chi connectivity index (χ4v) is 4.63. The number of rotatable bonds is 9. The maximum Gasteiger partial charge on any atom is 0.242 e. The molecule has 0 aliphatic carbocycles. The van der Waals surface area contributed by atoms with Crippen LogP contribution in [-0.2, 0) is 22.5 Å². The molecular formula is C28H37N5O3. The number of carbonyl (C=O) groups excluding carboxylic acids is 1. The highest BCUT2D eigenvalue weighted by Crippen LogP contribution is 2.26. The standard InChI is InChI=1S/C28H37N5O3/c1-19(2)29-26(34)18-33-28(24-7-6-8-25(15-24)35-5)30-27(31-33)23-11-9-22(10-12-23)13-14-32-16-20(3)36-21(4)17-32/h6-12,15,19-21H,13-14,16-18H2,1-5H3,(H,29,34)/t20-,21+. The van der Waals surface area contributed by atoms with Crippen LogP contribution in [0.2, 0.25) is 0 Å². The van der Waals surface area contributed by atoms with E-state index in [1.165, 1.54) is 5.56 Å². The van der Waals surface area contributed by atoms with E-state index in [0.717, 1.165) is 42.9 Å². The number of aromatic nitrogens is 3. The van der Waals surface area contributed by atoms with Gasteiger partial charge in [-0.15, -0.1) is 5.10 Å². The minimum Gasteiger partial charge on any atom is -0.497 e. The van der Waals surface area contributed by atoms with Crippen LogP contribution in [0.4, 0.5) is 0 Å². The molecule has 36 heavy (non-hydrogen) atoms. The molecule has 0 spiro atoms. The molecule has 1 aliphatic heterocycles. The molecule has 1 aromatic heterocycles. The molecule has 2 aromatic carbocycles. The number of hydrogen-bond donors (Lipinski definition) is 1. The van der Waals surface area contributed by atoms with Crippen LogP contribution in [0.3, 0.4) is 0 Å². The number of morpholine rings is 1. The van der Waals surface area contributed by atoms with Gasteiger partial charge in [-0.2, -0.15) is 0 Å². The van der Waals surface area contributed by atoms with Crippen molar-refractivity contribution in [2.24, 2.45) is 0 Å². The number of hydrogen-bond acceptors (Lipinski definition) is 6. The van der Waals surface area contributed by atoms with Gasteiger partial charge in [-0.05, 0) is 51.8 Å². The molecule has 1 saturated heterocycles. The summed E-state index contributed by atoms with van der Waals surface area (Å²) < 4.78 is 12.9. The monoisotopic (exact) mass is 491 g/mol. The molecule has 2 heterocycles. The van der Waals surface area contributed by atoms with Crippen molar-refractivity contribution >= 4 is 5.91 Å². The van der Waals surface area contributed by atoms with E-state index in [1.807, 2.05) is 38.1 Å². The van der Waals surface area contributed by atoms with E-state index in [0.29, 0.717) is 11.6 Å². The van der Waals surface area contributed by atoms with Gasteiger partial charge in [0, 0.05) is 36.8 Å². The molecule has 8 heteroatoms. The summed E-state index contributed by atoms with van der Waals surface area (Å²) in [6.45, 7) is 11.2. The third kappa shape index (κ3) is 6.71. The van der Waals surface area contributed by atoms with Crippen molar-refractivity contribution in [2.45, 2.75) is 58.9 Å². The highest BCUT2D eigenvalue weighted by Gasteiger charge is 2.22. The third-order valence-corrected chi connectivity index (χ3v) is 6.17. The largest absolute Gasteiger partial charge is 0.497 e. The fraction of sp³-hybridized carbons (Fsp3) is 0.464. The van der Waals surface area contributed by atoms with Crippen molar-refractivity contribution in [3.8, 4) is 28.5 Å². The van der Waals surface area contributed by atoms with Gasteiger partial charge < -0.3 is 14.8 Å². The van der Waals surface area contributed by atoms with Gasteiger partial charge in [-0.3, -0.25) is 9.69 Å². The number of methoxy groups -OCH3 is 1. The molecule has 1 aliphatic rings. The second-order valence-electron chi connectivity index (χ2n) is 9.83. The zero-order valence-corrected chi connectivity index (χ0v) is 21.9. The van der Waals surface area contributed by atoms with E-state index in [2.05, 4.69) is 48.3 Å². The van der Waals surface area contributed by atoms with Gasteiger partial charge in [0.2, 0.25) is 5.91 Å². The smallest absolute Gasteiger partial charge is 0.242 e. The summed E-state index contributed by atoms with van der Waals surface area (Å²) in [5.41, 5.74) is 3.03. The Labute approximate surface area is 213 Å². The van der Waals surface area contributed by atoms with Gasteiger partial charge in [0.05, 0.1) is 19.3 Å². The van der Waals surface area contributed by atoms with E-state index in [4.69, 9.17) is 19.6 Å². The quantitative estimate of drug-likeness (QED) is 0.490. The van der Waals surface area contributed by atoms with Crippen molar-refractivity contribution in [2.75, 3.05) is 26.7 Å². The summed E-state index contributed by atoms with van der Waals surface area (Å²) in [4.78, 5) is 19.8. The van der Waals surface area contributed by atoms with Crippen LogP contribution < -0.4 is 10.1 Å². The van der Waals surface area contributed by atoms with Gasteiger partial charge in [-0.1, -0.05) is 36.4 Å². The van der Waals surface area contributed by atoms with Crippen LogP contribution in [0, 0.1) is 0 Å². The summed E-state index contributed by atoms with van der Waals surface area (Å²) in [6, 6.07) is 16.1. The van der Waals surface area contributed by atoms with Crippen molar-refractivity contribution in [3.63, 3.8) is 0 Å². The maximum atomic E-state index is 12.5. The average molecular weight is 492 g/mol. The van der Waals surface area contributed by atoms with E-state index >= 15 is 0 Å². The molecule has 1 fully saturated rings. The Hall–Kier alpha value is -3.23. The summed E-state index contributed by atoms with van der Waals surface area (Å²) >= 11 is 0. The molecule has 2 atom stereocenters. The lowest BCUT2D eigenvalue weighted by Gasteiger charge is -2.35. The first-order valence-corrected chi connectivity index (χ1v) is 12.7. The Morgan fingerprint density at radius 3 is 2.50 bits per heavy atom. The molecule has 3 aromatic rings. The lowest BCUT2D eigenvalue weighted by atomic mass is 10.1. The molecular weight excluding hydrogens is 454 g/mol. The zero-order valence-electron chi connectivity index (χ0n) is 21.9. The normalized spacial score (nSPS) is 18.4. The second-order valence-corrected chi connectivity index (χ2v) is 9.83. The van der Waals surface area contributed by atoms with Crippen LogP contribution in [0.1, 0.15) is 33.3 Å². The van der Waals surface area contributed by atoms with E-state index in [1.54, 1.807) is 11.8 Å². The first-order chi connectivity index (χ1) is 17.3. The van der Waals surface area contributed by atoms with Gasteiger partial charge in [0.1, 0.15) is 12.3 Å². The van der Waals surface area contributed by atoms with Crippen molar-refractivity contribution in [3.05, 3.63) is 54.1 Å². The maximum absolute atomic E-state index is 12.5. The van der Waals surface area contributed by atoms with E-state index in [-0.39, 0.29) is 30.7 Å². The molecule has 192 valence electrons. The average Bonchev–Trinajstić information content (AvgIpc) is 3.25. The molecule has 1 amide bonds. The fourth-order valence-electron chi connectivity index (χ4n) is 4.63. The van der Waals surface area contributed by atoms with Gasteiger partial charge in [0.25, 0.3) is 0 Å². The van der Waals surface area contributed by atoms with Crippen LogP contribution >= 0.6 is 0 Å². The Morgan fingerprint density at radius 1 is 1.11 bits per heavy atom. The van der Waals surface area contributed by atoms with E-state index in [9.17, 15) is 4.79 Å². The molecule has 4 rings (SSSR count). The molecule has 1 N–H and O–H groups in total. The topological polar surface area (TPSA) is 81.5 Å². The van der Waals surface area contributed by atoms with Gasteiger partial charge in [0.15, 0.2) is 11.6 Å². The lowest BCUT2D eigenvalue weighted by Crippen LogP contribution is -2.46. The van der Waals surface area contributed by atoms with Crippen LogP contribution in [0.15, 0.2) is 48.5 Å². The van der Waals surface area contributed by atoms with Crippen molar-refractivity contribution < 1.29 is 14.3 Å². The highest BCUT2D eigenvalue weighted by molar-refractivity contribution is 5.77. The number of carbonyl (C=O) groups is 1. The predicted octanol–water partition coefficient (Wildman–Crippen LogP) is 3.80. The summed E-state index contributed by atoms with van der Waals surface area (Å²) in [5.74, 6) is 1.84. The lowest BCUT2D eigenvalue weighted by molar-refractivity contribution is -0.122. The molecule has 0 saturated carbocycles. The van der Waals surface area contributed by atoms with Crippen LogP contribution in [0.5, 0.6) is 5.75 Å². The Morgan fingerprint density at radius 2 is 1.83 bits per heavy atom. The van der Waals surface area contributed by atoms with Crippen molar-refractivity contribution in [1.82, 2.24) is 25.0 Å². The first-order valence-electron chi connectivity index (χ1n) is 12.7. The van der Waals surface area contributed by atoms with Crippen LogP contribution in [0.25, 0.3) is 22.8 Å². The third-order valence-electron chi connectivity index (χ3n) is 6.17. The number of benzene rings is 2. The minimum atomic E-state index is -0.104. The van der Waals surface area contributed by atoms with Crippen LogP contribution in [-0.4, -0.2) is 70.6 Å². The number of ether oxygens (including phenoxy) is 2. The molecule has 0 unspecified atom stereocenters. The first kappa shape index (κ1) is 25.9. The number of nitrogens with zero attached hydrogens (tertiary/aromatic N) is 4. The van der Waals surface area contributed by atoms with Gasteiger partial charge >= 0.3 is 0 Å². The Bertz CT molecular complexity index is 1150. The number of nitrogens with one attached hydrogen (secondary N) is 1. The Balaban J connectivity index is 1.53. The SMILES string of the molecule is COc1cccc(-c2nc(-c3ccc(CCN4C[C@@H](C)O[C@@H](C)C4)cc3)nn2CC(=O)NC(C)C)c1.